The van der Waals surface area contributed by atoms with Gasteiger partial charge in [-0.3, -0.25) is 0 Å². The summed E-state index contributed by atoms with van der Waals surface area (Å²) >= 11 is 3.47. The third-order valence-corrected chi connectivity index (χ3v) is 3.41. The van der Waals surface area contributed by atoms with E-state index in [0.717, 1.165) is 32.5 Å². The highest BCUT2D eigenvalue weighted by Gasteiger charge is 2.08. The number of rotatable bonds is 1. The van der Waals surface area contributed by atoms with Crippen LogP contribution >= 0.6 is 15.9 Å². The van der Waals surface area contributed by atoms with Crippen molar-refractivity contribution in [2.75, 3.05) is 0 Å². The topological polar surface area (TPSA) is 48.9 Å². The van der Waals surface area contributed by atoms with E-state index in [1.807, 2.05) is 25.1 Å². The van der Waals surface area contributed by atoms with Gasteiger partial charge in [0.2, 0.25) is 0 Å². The molecule has 0 radical (unpaired) electrons. The van der Waals surface area contributed by atoms with E-state index in [0.29, 0.717) is 0 Å². The van der Waals surface area contributed by atoms with Crippen molar-refractivity contribution in [3.63, 3.8) is 0 Å². The van der Waals surface area contributed by atoms with Crippen LogP contribution < -0.4 is 0 Å². The van der Waals surface area contributed by atoms with E-state index in [1.165, 1.54) is 0 Å². The number of aromatic hydroxyl groups is 1. The maximum absolute atomic E-state index is 9.45. The van der Waals surface area contributed by atoms with Crippen molar-refractivity contribution < 1.29 is 5.11 Å². The number of phenols is 1. The Morgan fingerprint density at radius 2 is 2.00 bits per heavy atom. The first kappa shape index (κ1) is 11.3. The molecule has 1 aromatic heterocycles. The number of nitrogens with zero attached hydrogens (tertiary/aromatic N) is 1. The van der Waals surface area contributed by atoms with Crippen molar-refractivity contribution in [1.82, 2.24) is 9.97 Å². The van der Waals surface area contributed by atoms with Gasteiger partial charge in [0, 0.05) is 16.1 Å². The van der Waals surface area contributed by atoms with Crippen LogP contribution in [0.4, 0.5) is 0 Å². The zero-order valence-corrected chi connectivity index (χ0v) is 11.3. The van der Waals surface area contributed by atoms with Crippen LogP contribution in [0.2, 0.25) is 0 Å². The van der Waals surface area contributed by atoms with Crippen molar-refractivity contribution in [2.24, 2.45) is 0 Å². The lowest BCUT2D eigenvalue weighted by atomic mass is 10.1. The number of fused-ring (bicyclic) bond motifs is 1. The van der Waals surface area contributed by atoms with Gasteiger partial charge >= 0.3 is 0 Å². The SMILES string of the molecule is Cc1ccc(Br)cc1-c1nc2ccc(O)cc2[nH]1. The van der Waals surface area contributed by atoms with Crippen LogP contribution in [0.1, 0.15) is 5.56 Å². The average molecular weight is 303 g/mol. The van der Waals surface area contributed by atoms with E-state index in [1.54, 1.807) is 18.2 Å². The number of hydrogen-bond donors (Lipinski definition) is 2. The van der Waals surface area contributed by atoms with E-state index < -0.39 is 0 Å². The second kappa shape index (κ2) is 4.14. The fraction of sp³-hybridized carbons (Fsp3) is 0.0714. The molecule has 0 aliphatic heterocycles. The quantitative estimate of drug-likeness (QED) is 0.713. The zero-order chi connectivity index (χ0) is 12.7. The minimum Gasteiger partial charge on any atom is -0.508 e. The lowest BCUT2D eigenvalue weighted by molar-refractivity contribution is 0.476. The van der Waals surface area contributed by atoms with Crippen LogP contribution in [0, 0.1) is 6.92 Å². The van der Waals surface area contributed by atoms with Gasteiger partial charge in [-0.2, -0.15) is 0 Å². The number of halogens is 1. The predicted molar refractivity (Wildman–Crippen MR) is 75.6 cm³/mol. The monoisotopic (exact) mass is 302 g/mol. The third kappa shape index (κ3) is 1.88. The molecule has 18 heavy (non-hydrogen) atoms. The summed E-state index contributed by atoms with van der Waals surface area (Å²) in [5.41, 5.74) is 3.90. The number of aromatic nitrogens is 2. The fourth-order valence-corrected chi connectivity index (χ4v) is 2.34. The van der Waals surface area contributed by atoms with Gasteiger partial charge in [0.1, 0.15) is 11.6 Å². The Labute approximate surface area is 113 Å². The van der Waals surface area contributed by atoms with Gasteiger partial charge in [-0.15, -0.1) is 0 Å². The molecule has 1 heterocycles. The summed E-state index contributed by atoms with van der Waals surface area (Å²) in [7, 11) is 0. The summed E-state index contributed by atoms with van der Waals surface area (Å²) in [6.07, 6.45) is 0. The smallest absolute Gasteiger partial charge is 0.138 e. The Hall–Kier alpha value is -1.81. The lowest BCUT2D eigenvalue weighted by Gasteiger charge is -2.02. The maximum atomic E-state index is 9.45. The second-order valence-corrected chi connectivity index (χ2v) is 5.16. The number of aromatic amines is 1. The highest BCUT2D eigenvalue weighted by molar-refractivity contribution is 9.10. The molecule has 0 atom stereocenters. The Bertz CT molecular complexity index is 734. The van der Waals surface area contributed by atoms with E-state index in [-0.39, 0.29) is 5.75 Å². The van der Waals surface area contributed by atoms with Crippen LogP contribution in [-0.4, -0.2) is 15.1 Å². The normalized spacial score (nSPS) is 11.0. The first-order valence-corrected chi connectivity index (χ1v) is 6.38. The Morgan fingerprint density at radius 3 is 2.83 bits per heavy atom. The van der Waals surface area contributed by atoms with Gasteiger partial charge < -0.3 is 10.1 Å². The molecule has 3 aromatic rings. The van der Waals surface area contributed by atoms with Crippen LogP contribution in [0.15, 0.2) is 40.9 Å². The third-order valence-electron chi connectivity index (χ3n) is 2.92. The molecule has 0 fully saturated rings. The molecule has 0 saturated heterocycles. The minimum atomic E-state index is 0.240. The van der Waals surface area contributed by atoms with Crippen molar-refractivity contribution in [2.45, 2.75) is 6.92 Å². The van der Waals surface area contributed by atoms with E-state index in [4.69, 9.17) is 0 Å². The summed E-state index contributed by atoms with van der Waals surface area (Å²) in [6, 6.07) is 11.2. The van der Waals surface area contributed by atoms with Gasteiger partial charge in [-0.1, -0.05) is 22.0 Å². The summed E-state index contributed by atoms with van der Waals surface area (Å²) in [6.45, 7) is 2.05. The van der Waals surface area contributed by atoms with Gasteiger partial charge in [-0.05, 0) is 36.8 Å². The van der Waals surface area contributed by atoms with Crippen molar-refractivity contribution in [1.29, 1.82) is 0 Å². The molecule has 90 valence electrons. The molecule has 0 aliphatic rings. The van der Waals surface area contributed by atoms with E-state index >= 15 is 0 Å². The Morgan fingerprint density at radius 1 is 1.17 bits per heavy atom. The van der Waals surface area contributed by atoms with Crippen molar-refractivity contribution in [3.05, 3.63) is 46.4 Å². The highest BCUT2D eigenvalue weighted by Crippen LogP contribution is 2.27. The van der Waals surface area contributed by atoms with Crippen LogP contribution in [0.5, 0.6) is 5.75 Å². The number of aryl methyl sites for hydroxylation is 1. The summed E-state index contributed by atoms with van der Waals surface area (Å²) < 4.78 is 1.02. The minimum absolute atomic E-state index is 0.240. The average Bonchev–Trinajstić information content (AvgIpc) is 2.74. The molecule has 0 aliphatic carbocycles. The molecule has 3 nitrogen and oxygen atoms in total. The fourth-order valence-electron chi connectivity index (χ4n) is 1.97. The molecule has 0 saturated carbocycles. The Balaban J connectivity index is 2.22. The molecule has 0 bridgehead atoms. The summed E-state index contributed by atoms with van der Waals surface area (Å²) in [4.78, 5) is 7.77. The highest BCUT2D eigenvalue weighted by atomic mass is 79.9. The standard InChI is InChI=1S/C14H11BrN2O/c1-8-2-3-9(15)6-11(8)14-16-12-5-4-10(18)7-13(12)17-14/h2-7,18H,1H3,(H,16,17). The molecule has 4 heteroatoms. The number of H-pyrrole nitrogens is 1. The number of imidazole rings is 1. The van der Waals surface area contributed by atoms with Crippen LogP contribution in [0.3, 0.4) is 0 Å². The lowest BCUT2D eigenvalue weighted by Crippen LogP contribution is -1.85. The van der Waals surface area contributed by atoms with Gasteiger partial charge in [0.25, 0.3) is 0 Å². The van der Waals surface area contributed by atoms with Crippen molar-refractivity contribution >= 4 is 27.0 Å². The number of benzene rings is 2. The van der Waals surface area contributed by atoms with E-state index in [9.17, 15) is 5.11 Å². The first-order chi connectivity index (χ1) is 8.63. The molecule has 2 aromatic carbocycles. The first-order valence-electron chi connectivity index (χ1n) is 5.59. The molecule has 0 spiro atoms. The summed E-state index contributed by atoms with van der Waals surface area (Å²) in [5, 5.41) is 9.45. The predicted octanol–water partition coefficient (Wildman–Crippen LogP) is 4.01. The largest absolute Gasteiger partial charge is 0.508 e. The van der Waals surface area contributed by atoms with E-state index in [2.05, 4.69) is 25.9 Å². The second-order valence-electron chi connectivity index (χ2n) is 4.25. The molecule has 0 amide bonds. The summed E-state index contributed by atoms with van der Waals surface area (Å²) in [5.74, 6) is 1.05. The molecule has 3 rings (SSSR count). The van der Waals surface area contributed by atoms with Gasteiger partial charge in [-0.25, -0.2) is 4.98 Å². The molecular formula is C14H11BrN2O. The maximum Gasteiger partial charge on any atom is 0.138 e. The van der Waals surface area contributed by atoms with Gasteiger partial charge in [0.15, 0.2) is 0 Å². The van der Waals surface area contributed by atoms with Crippen LogP contribution in [-0.2, 0) is 0 Å². The molecule has 2 N–H and O–H groups in total. The zero-order valence-electron chi connectivity index (χ0n) is 9.74. The number of phenolic OH excluding ortho intramolecular Hbond substituents is 1. The number of hydrogen-bond acceptors (Lipinski definition) is 2. The van der Waals surface area contributed by atoms with Gasteiger partial charge in [0.05, 0.1) is 11.0 Å². The molecule has 0 unspecified atom stereocenters. The van der Waals surface area contributed by atoms with Crippen LogP contribution in [0.25, 0.3) is 22.4 Å². The van der Waals surface area contributed by atoms with Crippen molar-refractivity contribution in [3.8, 4) is 17.1 Å². The molecular weight excluding hydrogens is 292 g/mol. The number of nitrogens with one attached hydrogen (secondary N) is 1. The Kier molecular flexibility index (Phi) is 2.59.